The number of nitrogens with zero attached hydrogens (tertiary/aromatic N) is 1. The van der Waals surface area contributed by atoms with Gasteiger partial charge < -0.3 is 11.1 Å². The van der Waals surface area contributed by atoms with Gasteiger partial charge in [-0.05, 0) is 36.8 Å². The Labute approximate surface area is 105 Å². The number of para-hydroxylation sites is 1. The molecule has 2 aromatic carbocycles. The van der Waals surface area contributed by atoms with E-state index in [-0.39, 0.29) is 5.82 Å². The molecule has 0 spiro atoms. The molecule has 90 valence electrons. The molecule has 0 heterocycles. The Kier molecular flexibility index (Phi) is 3.16. The smallest absolute Gasteiger partial charge is 0.146 e. The maximum atomic E-state index is 13.7. The van der Waals surface area contributed by atoms with Gasteiger partial charge >= 0.3 is 0 Å². The summed E-state index contributed by atoms with van der Waals surface area (Å²) in [6.45, 7) is 1.80. The average Bonchev–Trinajstić information content (AvgIpc) is 2.35. The SMILES string of the molecule is Cc1cccc(F)c1Nc1ccc(N)cc1C#N. The zero-order chi connectivity index (χ0) is 13.1. The first-order chi connectivity index (χ1) is 8.61. The molecule has 0 aliphatic carbocycles. The van der Waals surface area contributed by atoms with Crippen LogP contribution in [0.25, 0.3) is 0 Å². The van der Waals surface area contributed by atoms with E-state index in [1.165, 1.54) is 6.07 Å². The molecule has 18 heavy (non-hydrogen) atoms. The second-order valence-corrected chi connectivity index (χ2v) is 3.97. The average molecular weight is 241 g/mol. The van der Waals surface area contributed by atoms with E-state index in [4.69, 9.17) is 11.0 Å². The number of halogens is 1. The van der Waals surface area contributed by atoms with Gasteiger partial charge in [0.2, 0.25) is 0 Å². The third kappa shape index (κ3) is 2.25. The molecule has 2 rings (SSSR count). The summed E-state index contributed by atoms with van der Waals surface area (Å²) in [7, 11) is 0. The van der Waals surface area contributed by atoms with E-state index < -0.39 is 0 Å². The lowest BCUT2D eigenvalue weighted by Gasteiger charge is -2.12. The third-order valence-electron chi connectivity index (χ3n) is 2.65. The minimum atomic E-state index is -0.351. The highest BCUT2D eigenvalue weighted by atomic mass is 19.1. The first kappa shape index (κ1) is 11.9. The summed E-state index contributed by atoms with van der Waals surface area (Å²) in [5.74, 6) is -0.351. The van der Waals surface area contributed by atoms with Crippen molar-refractivity contribution in [2.45, 2.75) is 6.92 Å². The molecule has 3 nitrogen and oxygen atoms in total. The summed E-state index contributed by atoms with van der Waals surface area (Å²) in [5, 5.41) is 12.0. The van der Waals surface area contributed by atoms with Gasteiger partial charge in [-0.25, -0.2) is 4.39 Å². The maximum absolute atomic E-state index is 13.7. The van der Waals surface area contributed by atoms with Crippen LogP contribution in [0.3, 0.4) is 0 Å². The number of aryl methyl sites for hydroxylation is 1. The van der Waals surface area contributed by atoms with Crippen LogP contribution in [0.4, 0.5) is 21.5 Å². The summed E-state index contributed by atoms with van der Waals surface area (Å²) >= 11 is 0. The van der Waals surface area contributed by atoms with Gasteiger partial charge in [0.05, 0.1) is 16.9 Å². The summed E-state index contributed by atoms with van der Waals surface area (Å²) < 4.78 is 13.7. The predicted molar refractivity (Wildman–Crippen MR) is 70.0 cm³/mol. The Balaban J connectivity index is 2.44. The highest BCUT2D eigenvalue weighted by Crippen LogP contribution is 2.26. The fourth-order valence-corrected chi connectivity index (χ4v) is 1.69. The summed E-state index contributed by atoms with van der Waals surface area (Å²) in [6.07, 6.45) is 0. The third-order valence-corrected chi connectivity index (χ3v) is 2.65. The Bertz CT molecular complexity index is 609. The molecule has 0 bridgehead atoms. The van der Waals surface area contributed by atoms with Crippen LogP contribution in [0, 0.1) is 24.1 Å². The van der Waals surface area contributed by atoms with Crippen molar-refractivity contribution in [3.63, 3.8) is 0 Å². The van der Waals surface area contributed by atoms with Crippen LogP contribution in [0.15, 0.2) is 36.4 Å². The van der Waals surface area contributed by atoms with Gasteiger partial charge in [0, 0.05) is 5.69 Å². The Hall–Kier alpha value is -2.54. The topological polar surface area (TPSA) is 61.8 Å². The quantitative estimate of drug-likeness (QED) is 0.793. The molecule has 0 radical (unpaired) electrons. The van der Waals surface area contributed by atoms with Crippen LogP contribution in [0.1, 0.15) is 11.1 Å². The van der Waals surface area contributed by atoms with E-state index in [2.05, 4.69) is 5.32 Å². The van der Waals surface area contributed by atoms with Crippen LogP contribution in [0.2, 0.25) is 0 Å². The largest absolute Gasteiger partial charge is 0.399 e. The van der Waals surface area contributed by atoms with E-state index in [0.717, 1.165) is 5.56 Å². The van der Waals surface area contributed by atoms with Gasteiger partial charge in [-0.1, -0.05) is 12.1 Å². The predicted octanol–water partition coefficient (Wildman–Crippen LogP) is 3.33. The van der Waals surface area contributed by atoms with E-state index in [9.17, 15) is 4.39 Å². The van der Waals surface area contributed by atoms with Crippen molar-refractivity contribution in [1.29, 1.82) is 5.26 Å². The number of hydrogen-bond donors (Lipinski definition) is 2. The van der Waals surface area contributed by atoms with Crippen LogP contribution >= 0.6 is 0 Å². The van der Waals surface area contributed by atoms with Gasteiger partial charge in [-0.2, -0.15) is 5.26 Å². The van der Waals surface area contributed by atoms with Crippen molar-refractivity contribution in [2.75, 3.05) is 11.1 Å². The van der Waals surface area contributed by atoms with Crippen molar-refractivity contribution in [3.8, 4) is 6.07 Å². The molecule has 0 unspecified atom stereocenters. The van der Waals surface area contributed by atoms with E-state index >= 15 is 0 Å². The second-order valence-electron chi connectivity index (χ2n) is 3.97. The number of nitriles is 1. The first-order valence-corrected chi connectivity index (χ1v) is 5.43. The first-order valence-electron chi connectivity index (χ1n) is 5.43. The molecule has 0 aliphatic rings. The Morgan fingerprint density at radius 3 is 2.72 bits per heavy atom. The number of nitrogens with one attached hydrogen (secondary N) is 1. The number of nitrogens with two attached hydrogens (primary N) is 1. The summed E-state index contributed by atoms with van der Waals surface area (Å²) in [6, 6.07) is 11.7. The van der Waals surface area contributed by atoms with Crippen molar-refractivity contribution in [2.24, 2.45) is 0 Å². The van der Waals surface area contributed by atoms with E-state index in [0.29, 0.717) is 22.6 Å². The summed E-state index contributed by atoms with van der Waals surface area (Å²) in [4.78, 5) is 0. The van der Waals surface area contributed by atoms with Crippen molar-refractivity contribution in [1.82, 2.24) is 0 Å². The molecule has 0 aliphatic heterocycles. The van der Waals surface area contributed by atoms with Crippen LogP contribution in [-0.4, -0.2) is 0 Å². The van der Waals surface area contributed by atoms with Crippen molar-refractivity contribution >= 4 is 17.1 Å². The van der Waals surface area contributed by atoms with Gasteiger partial charge in [0.15, 0.2) is 0 Å². The highest BCUT2D eigenvalue weighted by molar-refractivity contribution is 5.71. The number of rotatable bonds is 2. The van der Waals surface area contributed by atoms with Crippen LogP contribution in [0.5, 0.6) is 0 Å². The number of anilines is 3. The zero-order valence-corrected chi connectivity index (χ0v) is 9.87. The monoisotopic (exact) mass is 241 g/mol. The molecule has 0 saturated heterocycles. The maximum Gasteiger partial charge on any atom is 0.146 e. The molecular formula is C14H12FN3. The van der Waals surface area contributed by atoms with Gasteiger partial charge in [0.25, 0.3) is 0 Å². The Morgan fingerprint density at radius 1 is 1.28 bits per heavy atom. The van der Waals surface area contributed by atoms with Gasteiger partial charge in [0.1, 0.15) is 11.9 Å². The number of hydrogen-bond acceptors (Lipinski definition) is 3. The lowest BCUT2D eigenvalue weighted by molar-refractivity contribution is 0.631. The lowest BCUT2D eigenvalue weighted by atomic mass is 10.1. The van der Waals surface area contributed by atoms with Crippen molar-refractivity contribution in [3.05, 3.63) is 53.3 Å². The molecule has 0 amide bonds. The van der Waals surface area contributed by atoms with E-state index in [1.54, 1.807) is 37.3 Å². The second kappa shape index (κ2) is 4.76. The minimum absolute atomic E-state index is 0.351. The molecule has 0 aromatic heterocycles. The zero-order valence-electron chi connectivity index (χ0n) is 9.87. The van der Waals surface area contributed by atoms with Crippen LogP contribution < -0.4 is 11.1 Å². The molecule has 3 N–H and O–H groups in total. The number of benzene rings is 2. The molecule has 2 aromatic rings. The number of nitrogen functional groups attached to an aromatic ring is 1. The minimum Gasteiger partial charge on any atom is -0.399 e. The Morgan fingerprint density at radius 2 is 2.06 bits per heavy atom. The molecule has 0 saturated carbocycles. The lowest BCUT2D eigenvalue weighted by Crippen LogP contribution is -1.99. The van der Waals surface area contributed by atoms with Crippen molar-refractivity contribution < 1.29 is 4.39 Å². The molecular weight excluding hydrogens is 229 g/mol. The summed E-state index contributed by atoms with van der Waals surface area (Å²) in [5.41, 5.74) is 8.18. The molecule has 0 atom stereocenters. The fourth-order valence-electron chi connectivity index (χ4n) is 1.69. The highest BCUT2D eigenvalue weighted by Gasteiger charge is 2.08. The van der Waals surface area contributed by atoms with E-state index in [1.807, 2.05) is 6.07 Å². The normalized spacial score (nSPS) is 9.83. The standard InChI is InChI=1S/C14H12FN3/c1-9-3-2-4-12(15)14(9)18-13-6-5-11(17)7-10(13)8-16/h2-7,18H,17H2,1H3. The van der Waals surface area contributed by atoms with Gasteiger partial charge in [-0.15, -0.1) is 0 Å². The van der Waals surface area contributed by atoms with Crippen LogP contribution in [-0.2, 0) is 0 Å². The molecule has 0 fully saturated rings. The fraction of sp³-hybridized carbons (Fsp3) is 0.0714. The van der Waals surface area contributed by atoms with Gasteiger partial charge in [-0.3, -0.25) is 0 Å². The molecule has 4 heteroatoms.